The number of carbonyl (C=O) groups is 1. The van der Waals surface area contributed by atoms with Gasteiger partial charge in [0.25, 0.3) is 0 Å². The second-order valence-corrected chi connectivity index (χ2v) is 7.92. The van der Waals surface area contributed by atoms with Crippen molar-refractivity contribution in [2.75, 3.05) is 57.4 Å². The maximum Gasteiger partial charge on any atom is 0.224 e. The Kier molecular flexibility index (Phi) is 6.00. The van der Waals surface area contributed by atoms with Crippen molar-refractivity contribution in [3.8, 4) is 5.13 Å². The molecule has 1 atom stereocenters. The Morgan fingerprint density at radius 2 is 1.96 bits per heavy atom. The molecule has 2 aliphatic heterocycles. The molecule has 2 saturated heterocycles. The molecule has 0 saturated carbocycles. The molecule has 2 fully saturated rings. The minimum absolute atomic E-state index is 0.0161. The lowest BCUT2D eigenvalue weighted by Gasteiger charge is -2.31. The Hall–Kier alpha value is -1.97. The zero-order valence-corrected chi connectivity index (χ0v) is 16.2. The van der Waals surface area contributed by atoms with E-state index in [1.165, 1.54) is 0 Å². The lowest BCUT2D eigenvalue weighted by atomic mass is 9.97. The fourth-order valence-corrected chi connectivity index (χ4v) is 4.42. The molecule has 0 aliphatic carbocycles. The number of hydrogen-bond donors (Lipinski definition) is 1. The van der Waals surface area contributed by atoms with Crippen LogP contribution in [0.4, 0.5) is 5.13 Å². The summed E-state index contributed by atoms with van der Waals surface area (Å²) >= 11 is 1.56. The maximum atomic E-state index is 12.6. The molecular formula is C18H26N6O2S. The highest BCUT2D eigenvalue weighted by atomic mass is 32.1. The number of anilines is 1. The standard InChI is InChI=1S/C18H26N6O2S/c25-16(19-5-9-22-10-12-26-13-11-22)15-4-3-8-24(14-15)18-21-20-17(27-18)23-6-1-2-7-23/h1-2,6-7,15H,3-5,8-14H2,(H,19,25)/t15-/m1/s1. The molecule has 2 aromatic rings. The second kappa shape index (κ2) is 8.81. The number of carbonyl (C=O) groups excluding carboxylic acids is 1. The molecule has 8 nitrogen and oxygen atoms in total. The number of hydrogen-bond acceptors (Lipinski definition) is 7. The van der Waals surface area contributed by atoms with Gasteiger partial charge < -0.3 is 15.0 Å². The first-order valence-corrected chi connectivity index (χ1v) is 10.4. The molecule has 27 heavy (non-hydrogen) atoms. The van der Waals surface area contributed by atoms with Crippen LogP contribution in [0, 0.1) is 5.92 Å². The molecule has 4 heterocycles. The average Bonchev–Trinajstić information content (AvgIpc) is 3.40. The normalized spacial score (nSPS) is 21.3. The largest absolute Gasteiger partial charge is 0.379 e. The van der Waals surface area contributed by atoms with Crippen molar-refractivity contribution in [3.63, 3.8) is 0 Å². The van der Waals surface area contributed by atoms with Crippen molar-refractivity contribution in [3.05, 3.63) is 24.5 Å². The summed E-state index contributed by atoms with van der Waals surface area (Å²) in [5.74, 6) is 0.172. The fourth-order valence-electron chi connectivity index (χ4n) is 3.57. The Labute approximate surface area is 163 Å². The van der Waals surface area contributed by atoms with Gasteiger partial charge in [0.1, 0.15) is 0 Å². The number of piperidine rings is 1. The lowest BCUT2D eigenvalue weighted by molar-refractivity contribution is -0.125. The van der Waals surface area contributed by atoms with Gasteiger partial charge in [-0.05, 0) is 25.0 Å². The van der Waals surface area contributed by atoms with E-state index in [9.17, 15) is 4.79 Å². The highest BCUT2D eigenvalue weighted by Crippen LogP contribution is 2.27. The summed E-state index contributed by atoms with van der Waals surface area (Å²) in [6.07, 6.45) is 5.86. The van der Waals surface area contributed by atoms with E-state index in [0.717, 1.165) is 62.5 Å². The SMILES string of the molecule is O=C(NCCN1CCOCC1)[C@@H]1CCCN(c2nnc(-n3cccc3)s2)C1. The van der Waals surface area contributed by atoms with Crippen LogP contribution in [-0.4, -0.2) is 78.1 Å². The molecule has 1 amide bonds. The maximum absolute atomic E-state index is 12.6. The van der Waals surface area contributed by atoms with Crippen LogP contribution in [0.5, 0.6) is 0 Å². The monoisotopic (exact) mass is 390 g/mol. The third-order valence-electron chi connectivity index (χ3n) is 5.12. The van der Waals surface area contributed by atoms with Crippen molar-refractivity contribution in [2.45, 2.75) is 12.8 Å². The molecule has 0 aromatic carbocycles. The van der Waals surface area contributed by atoms with E-state index >= 15 is 0 Å². The van der Waals surface area contributed by atoms with Crippen LogP contribution in [-0.2, 0) is 9.53 Å². The minimum Gasteiger partial charge on any atom is -0.379 e. The topological polar surface area (TPSA) is 75.5 Å². The summed E-state index contributed by atoms with van der Waals surface area (Å²) in [6, 6.07) is 3.94. The fraction of sp³-hybridized carbons (Fsp3) is 0.611. The molecule has 2 aromatic heterocycles. The summed E-state index contributed by atoms with van der Waals surface area (Å²) in [5.41, 5.74) is 0. The molecule has 1 N–H and O–H groups in total. The van der Waals surface area contributed by atoms with Crippen LogP contribution in [0.2, 0.25) is 0 Å². The predicted molar refractivity (Wildman–Crippen MR) is 104 cm³/mol. The van der Waals surface area contributed by atoms with Gasteiger partial charge in [-0.2, -0.15) is 0 Å². The molecule has 0 radical (unpaired) electrons. The first kappa shape index (κ1) is 18.4. The van der Waals surface area contributed by atoms with Gasteiger partial charge in [0.15, 0.2) is 0 Å². The first-order valence-electron chi connectivity index (χ1n) is 9.59. The predicted octanol–water partition coefficient (Wildman–Crippen LogP) is 0.994. The van der Waals surface area contributed by atoms with E-state index in [4.69, 9.17) is 4.74 Å². The van der Waals surface area contributed by atoms with Gasteiger partial charge in [-0.1, -0.05) is 11.3 Å². The van der Waals surface area contributed by atoms with Crippen LogP contribution < -0.4 is 10.2 Å². The number of nitrogens with one attached hydrogen (secondary N) is 1. The van der Waals surface area contributed by atoms with Gasteiger partial charge in [-0.25, -0.2) is 0 Å². The van der Waals surface area contributed by atoms with E-state index in [2.05, 4.69) is 25.3 Å². The Bertz CT molecular complexity index is 728. The third kappa shape index (κ3) is 4.66. The van der Waals surface area contributed by atoms with Gasteiger partial charge in [-0.15, -0.1) is 10.2 Å². The molecule has 0 bridgehead atoms. The van der Waals surface area contributed by atoms with E-state index in [1.807, 2.05) is 29.1 Å². The van der Waals surface area contributed by atoms with Crippen LogP contribution in [0.25, 0.3) is 5.13 Å². The summed E-state index contributed by atoms with van der Waals surface area (Å²) in [6.45, 7) is 6.72. The first-order chi connectivity index (χ1) is 13.3. The van der Waals surface area contributed by atoms with Crippen LogP contribution in [0.1, 0.15) is 12.8 Å². The zero-order chi connectivity index (χ0) is 18.5. The van der Waals surface area contributed by atoms with E-state index < -0.39 is 0 Å². The van der Waals surface area contributed by atoms with E-state index in [0.29, 0.717) is 13.1 Å². The summed E-state index contributed by atoms with van der Waals surface area (Å²) in [5, 5.41) is 13.5. The minimum atomic E-state index is 0.0161. The van der Waals surface area contributed by atoms with E-state index in [-0.39, 0.29) is 11.8 Å². The van der Waals surface area contributed by atoms with Crippen molar-refractivity contribution in [1.29, 1.82) is 0 Å². The Morgan fingerprint density at radius 1 is 1.19 bits per heavy atom. The highest BCUT2D eigenvalue weighted by Gasteiger charge is 2.27. The third-order valence-corrected chi connectivity index (χ3v) is 6.12. The van der Waals surface area contributed by atoms with Crippen LogP contribution in [0.3, 0.4) is 0 Å². The van der Waals surface area contributed by atoms with Crippen molar-refractivity contribution in [1.82, 2.24) is 25.0 Å². The van der Waals surface area contributed by atoms with E-state index in [1.54, 1.807) is 11.3 Å². The number of aromatic nitrogens is 3. The molecule has 0 spiro atoms. The average molecular weight is 391 g/mol. The zero-order valence-electron chi connectivity index (χ0n) is 15.4. The summed E-state index contributed by atoms with van der Waals surface area (Å²) < 4.78 is 7.31. The number of rotatable bonds is 6. The van der Waals surface area contributed by atoms with Gasteiger partial charge in [-0.3, -0.25) is 14.3 Å². The van der Waals surface area contributed by atoms with Crippen molar-refractivity contribution >= 4 is 22.4 Å². The molecule has 9 heteroatoms. The molecule has 4 rings (SSSR count). The molecule has 0 unspecified atom stereocenters. The Morgan fingerprint density at radius 3 is 2.78 bits per heavy atom. The van der Waals surface area contributed by atoms with Gasteiger partial charge in [0.05, 0.1) is 19.1 Å². The van der Waals surface area contributed by atoms with Gasteiger partial charge >= 0.3 is 0 Å². The number of ether oxygens (including phenoxy) is 1. The number of nitrogens with zero attached hydrogens (tertiary/aromatic N) is 5. The number of amides is 1. The molecule has 146 valence electrons. The summed E-state index contributed by atoms with van der Waals surface area (Å²) in [7, 11) is 0. The van der Waals surface area contributed by atoms with Crippen molar-refractivity contribution in [2.24, 2.45) is 5.92 Å². The lowest BCUT2D eigenvalue weighted by Crippen LogP contribution is -2.46. The molecular weight excluding hydrogens is 364 g/mol. The van der Waals surface area contributed by atoms with Crippen LogP contribution >= 0.6 is 11.3 Å². The van der Waals surface area contributed by atoms with Crippen LogP contribution in [0.15, 0.2) is 24.5 Å². The highest BCUT2D eigenvalue weighted by molar-refractivity contribution is 7.17. The quantitative estimate of drug-likeness (QED) is 0.793. The number of morpholine rings is 1. The van der Waals surface area contributed by atoms with Gasteiger partial charge in [0, 0.05) is 51.7 Å². The Balaban J connectivity index is 1.28. The van der Waals surface area contributed by atoms with Gasteiger partial charge in [0.2, 0.25) is 16.2 Å². The van der Waals surface area contributed by atoms with Crippen molar-refractivity contribution < 1.29 is 9.53 Å². The second-order valence-electron chi connectivity index (χ2n) is 6.99. The summed E-state index contributed by atoms with van der Waals surface area (Å²) in [4.78, 5) is 17.1. The molecule has 2 aliphatic rings. The smallest absolute Gasteiger partial charge is 0.224 e.